The van der Waals surface area contributed by atoms with Crippen LogP contribution in [0.3, 0.4) is 0 Å². The molecule has 2 aromatic carbocycles. The highest BCUT2D eigenvalue weighted by Crippen LogP contribution is 2.37. The third-order valence-electron chi connectivity index (χ3n) is 4.16. The van der Waals surface area contributed by atoms with Gasteiger partial charge in [-0.15, -0.1) is 0 Å². The normalized spacial score (nSPS) is 13.4. The standard InChI is InChI=1S/C19H18N2O4S/c1-3-8-21-13-9-15-16(25-11-24-15)10-17(13)26-19(21)20-18(22)12-6-4-5-7-14(12)23-2/h4-7,9-10H,3,8,11H2,1-2H3. The molecule has 0 saturated heterocycles. The average molecular weight is 370 g/mol. The maximum atomic E-state index is 12.7. The smallest absolute Gasteiger partial charge is 0.283 e. The molecule has 0 aliphatic carbocycles. The largest absolute Gasteiger partial charge is 0.496 e. The molecule has 1 aliphatic heterocycles. The Morgan fingerprint density at radius 3 is 2.81 bits per heavy atom. The Labute approximate surface area is 154 Å². The average Bonchev–Trinajstić information content (AvgIpc) is 3.24. The van der Waals surface area contributed by atoms with Gasteiger partial charge in [0.1, 0.15) is 5.75 Å². The molecule has 0 atom stereocenters. The molecule has 0 fully saturated rings. The summed E-state index contributed by atoms with van der Waals surface area (Å²) in [4.78, 5) is 17.8. The van der Waals surface area contributed by atoms with Crippen LogP contribution in [0.15, 0.2) is 41.4 Å². The molecule has 7 heteroatoms. The Bertz CT molecular complexity index is 1050. The van der Waals surface area contributed by atoms with Gasteiger partial charge in [-0.25, -0.2) is 0 Å². The molecule has 0 saturated carbocycles. The van der Waals surface area contributed by atoms with Crippen molar-refractivity contribution in [1.82, 2.24) is 4.57 Å². The SMILES string of the molecule is CCCn1c(=NC(=O)c2ccccc2OC)sc2cc3c(cc21)OCO3. The van der Waals surface area contributed by atoms with Gasteiger partial charge in [0.25, 0.3) is 5.91 Å². The van der Waals surface area contributed by atoms with Gasteiger partial charge in [-0.2, -0.15) is 4.99 Å². The van der Waals surface area contributed by atoms with E-state index >= 15 is 0 Å². The van der Waals surface area contributed by atoms with E-state index in [0.717, 1.165) is 34.7 Å². The number of methoxy groups -OCH3 is 1. The number of amides is 1. The number of aromatic nitrogens is 1. The van der Waals surface area contributed by atoms with Gasteiger partial charge in [-0.05, 0) is 18.6 Å². The lowest BCUT2D eigenvalue weighted by Gasteiger charge is -2.05. The van der Waals surface area contributed by atoms with E-state index in [9.17, 15) is 4.79 Å². The number of carbonyl (C=O) groups is 1. The van der Waals surface area contributed by atoms with E-state index < -0.39 is 0 Å². The Balaban J connectivity index is 1.86. The molecule has 134 valence electrons. The molecule has 2 heterocycles. The van der Waals surface area contributed by atoms with Crippen molar-refractivity contribution < 1.29 is 19.0 Å². The van der Waals surface area contributed by atoms with Gasteiger partial charge in [0.15, 0.2) is 16.3 Å². The number of fused-ring (bicyclic) bond motifs is 2. The summed E-state index contributed by atoms with van der Waals surface area (Å²) in [6.07, 6.45) is 0.927. The van der Waals surface area contributed by atoms with Crippen LogP contribution in [0.4, 0.5) is 0 Å². The molecule has 0 bridgehead atoms. The highest BCUT2D eigenvalue weighted by molar-refractivity contribution is 7.16. The molecule has 4 rings (SSSR count). The Kier molecular flexibility index (Phi) is 4.38. The van der Waals surface area contributed by atoms with Gasteiger partial charge in [0.05, 0.1) is 22.9 Å². The number of hydrogen-bond acceptors (Lipinski definition) is 5. The molecule has 1 aromatic heterocycles. The van der Waals surface area contributed by atoms with Crippen molar-refractivity contribution in [1.29, 1.82) is 0 Å². The number of rotatable bonds is 4. The predicted octanol–water partition coefficient (Wildman–Crippen LogP) is 3.59. The molecular weight excluding hydrogens is 352 g/mol. The summed E-state index contributed by atoms with van der Waals surface area (Å²) in [5, 5.41) is 0. The first-order valence-corrected chi connectivity index (χ1v) is 9.18. The van der Waals surface area contributed by atoms with Gasteiger partial charge in [0, 0.05) is 18.7 Å². The van der Waals surface area contributed by atoms with Crippen LogP contribution in [0.5, 0.6) is 17.2 Å². The highest BCUT2D eigenvalue weighted by atomic mass is 32.1. The first-order chi connectivity index (χ1) is 12.7. The summed E-state index contributed by atoms with van der Waals surface area (Å²) in [5.41, 5.74) is 1.44. The van der Waals surface area contributed by atoms with E-state index in [0.29, 0.717) is 16.1 Å². The monoisotopic (exact) mass is 370 g/mol. The van der Waals surface area contributed by atoms with Crippen LogP contribution < -0.4 is 19.0 Å². The van der Waals surface area contributed by atoms with Gasteiger partial charge < -0.3 is 18.8 Å². The minimum atomic E-state index is -0.320. The van der Waals surface area contributed by atoms with Crippen molar-refractivity contribution in [2.45, 2.75) is 19.9 Å². The van der Waals surface area contributed by atoms with E-state index in [1.54, 1.807) is 25.3 Å². The van der Waals surface area contributed by atoms with Crippen LogP contribution in [0, 0.1) is 0 Å². The van der Waals surface area contributed by atoms with Crippen molar-refractivity contribution >= 4 is 27.5 Å². The second-order valence-corrected chi connectivity index (χ2v) is 6.84. The van der Waals surface area contributed by atoms with Crippen LogP contribution in [0.2, 0.25) is 0 Å². The number of benzene rings is 2. The predicted molar refractivity (Wildman–Crippen MR) is 99.1 cm³/mol. The third kappa shape index (κ3) is 2.84. The van der Waals surface area contributed by atoms with Gasteiger partial charge >= 0.3 is 0 Å². The Morgan fingerprint density at radius 2 is 2.04 bits per heavy atom. The van der Waals surface area contributed by atoms with Crippen LogP contribution in [-0.2, 0) is 6.54 Å². The van der Waals surface area contributed by atoms with Gasteiger partial charge in [-0.3, -0.25) is 4.79 Å². The molecule has 0 spiro atoms. The molecule has 1 aliphatic rings. The summed E-state index contributed by atoms with van der Waals surface area (Å²) in [6.45, 7) is 3.09. The number of nitrogens with zero attached hydrogens (tertiary/aromatic N) is 2. The van der Waals surface area contributed by atoms with E-state index in [-0.39, 0.29) is 12.7 Å². The number of para-hydroxylation sites is 1. The minimum absolute atomic E-state index is 0.240. The first kappa shape index (κ1) is 16.7. The van der Waals surface area contributed by atoms with Crippen LogP contribution in [-0.4, -0.2) is 24.4 Å². The fourth-order valence-corrected chi connectivity index (χ4v) is 4.02. The van der Waals surface area contributed by atoms with Gasteiger partial charge in [0.2, 0.25) is 6.79 Å². The maximum absolute atomic E-state index is 12.7. The zero-order chi connectivity index (χ0) is 18.1. The fraction of sp³-hybridized carbons (Fsp3) is 0.263. The molecule has 0 unspecified atom stereocenters. The fourth-order valence-electron chi connectivity index (χ4n) is 2.95. The summed E-state index contributed by atoms with van der Waals surface area (Å²) >= 11 is 1.47. The molecule has 0 radical (unpaired) electrons. The lowest BCUT2D eigenvalue weighted by Crippen LogP contribution is -2.17. The Morgan fingerprint density at radius 1 is 1.27 bits per heavy atom. The van der Waals surface area contributed by atoms with Crippen molar-refractivity contribution in [3.05, 3.63) is 46.8 Å². The first-order valence-electron chi connectivity index (χ1n) is 8.36. The van der Waals surface area contributed by atoms with Crippen molar-refractivity contribution in [3.63, 3.8) is 0 Å². The van der Waals surface area contributed by atoms with E-state index in [4.69, 9.17) is 14.2 Å². The van der Waals surface area contributed by atoms with E-state index in [1.165, 1.54) is 11.3 Å². The summed E-state index contributed by atoms with van der Waals surface area (Å²) in [7, 11) is 1.55. The molecule has 3 aromatic rings. The van der Waals surface area contributed by atoms with Crippen molar-refractivity contribution in [3.8, 4) is 17.2 Å². The van der Waals surface area contributed by atoms with Crippen LogP contribution in [0.1, 0.15) is 23.7 Å². The molecule has 26 heavy (non-hydrogen) atoms. The Hall–Kier alpha value is -2.80. The number of thiazole rings is 1. The number of hydrogen-bond donors (Lipinski definition) is 0. The zero-order valence-electron chi connectivity index (χ0n) is 14.5. The molecule has 6 nitrogen and oxygen atoms in total. The topological polar surface area (TPSA) is 62.1 Å². The van der Waals surface area contributed by atoms with Crippen LogP contribution in [0.25, 0.3) is 10.2 Å². The minimum Gasteiger partial charge on any atom is -0.496 e. The molecule has 0 N–H and O–H groups in total. The van der Waals surface area contributed by atoms with Crippen molar-refractivity contribution in [2.24, 2.45) is 4.99 Å². The number of aryl methyl sites for hydroxylation is 1. The summed E-state index contributed by atoms with van der Waals surface area (Å²) in [5.74, 6) is 1.65. The van der Waals surface area contributed by atoms with Crippen molar-refractivity contribution in [2.75, 3.05) is 13.9 Å². The zero-order valence-corrected chi connectivity index (χ0v) is 15.3. The third-order valence-corrected chi connectivity index (χ3v) is 5.20. The quantitative estimate of drug-likeness (QED) is 0.704. The second kappa shape index (κ2) is 6.84. The lowest BCUT2D eigenvalue weighted by atomic mass is 10.2. The van der Waals surface area contributed by atoms with E-state index in [2.05, 4.69) is 16.5 Å². The maximum Gasteiger partial charge on any atom is 0.283 e. The summed E-state index contributed by atoms with van der Waals surface area (Å²) in [6, 6.07) is 11.0. The van der Waals surface area contributed by atoms with Crippen LogP contribution >= 0.6 is 11.3 Å². The number of ether oxygens (including phenoxy) is 3. The van der Waals surface area contributed by atoms with E-state index in [1.807, 2.05) is 18.2 Å². The molecule has 1 amide bonds. The van der Waals surface area contributed by atoms with Gasteiger partial charge in [-0.1, -0.05) is 30.4 Å². The summed E-state index contributed by atoms with van der Waals surface area (Å²) < 4.78 is 19.3. The number of carbonyl (C=O) groups excluding carboxylic acids is 1. The second-order valence-electron chi connectivity index (χ2n) is 5.83. The highest BCUT2D eigenvalue weighted by Gasteiger charge is 2.18. The lowest BCUT2D eigenvalue weighted by molar-refractivity contribution is 0.0995. The molecular formula is C19H18N2O4S.